The zero-order chi connectivity index (χ0) is 10.1. The normalized spacial score (nSPS) is 11.0. The van der Waals surface area contributed by atoms with Crippen LogP contribution in [0.25, 0.3) is 11.0 Å². The maximum absolute atomic E-state index is 12.8. The van der Waals surface area contributed by atoms with Gasteiger partial charge < -0.3 is 4.98 Å². The number of aromatic nitrogens is 2. The second-order valence-electron chi connectivity index (χ2n) is 2.93. The summed E-state index contributed by atoms with van der Waals surface area (Å²) in [6.45, 7) is -0.703. The molecule has 0 aliphatic rings. The Bertz CT molecular complexity index is 515. The van der Waals surface area contributed by atoms with E-state index in [0.29, 0.717) is 11.0 Å². The minimum atomic E-state index is -0.649. The summed E-state index contributed by atoms with van der Waals surface area (Å²) in [6, 6.07) is 3.92. The zero-order valence-electron chi connectivity index (χ0n) is 7.26. The van der Waals surface area contributed by atoms with Gasteiger partial charge in [0.1, 0.15) is 12.5 Å². The fourth-order valence-electron chi connectivity index (χ4n) is 1.43. The largest absolute Gasteiger partial charge is 0.326 e. The number of benzene rings is 1. The molecule has 0 fully saturated rings. The van der Waals surface area contributed by atoms with E-state index in [0.717, 1.165) is 0 Å². The highest BCUT2D eigenvalue weighted by molar-refractivity contribution is 5.75. The van der Waals surface area contributed by atoms with Crippen LogP contribution in [-0.4, -0.2) is 16.2 Å². The Morgan fingerprint density at radius 3 is 2.93 bits per heavy atom. The third-order valence-electron chi connectivity index (χ3n) is 2.05. The first kappa shape index (κ1) is 8.93. The summed E-state index contributed by atoms with van der Waals surface area (Å²) in [4.78, 5) is 13.8. The lowest BCUT2D eigenvalue weighted by Crippen LogP contribution is -2.17. The summed E-state index contributed by atoms with van der Waals surface area (Å²) in [7, 11) is 0. The molecule has 0 unspecified atom stereocenters. The highest BCUT2D eigenvalue weighted by Gasteiger charge is 2.06. The van der Waals surface area contributed by atoms with Crippen LogP contribution in [0.3, 0.4) is 0 Å². The minimum Gasteiger partial charge on any atom is -0.306 e. The first-order valence-electron chi connectivity index (χ1n) is 4.16. The Hall–Kier alpha value is -1.65. The zero-order valence-corrected chi connectivity index (χ0v) is 7.26. The van der Waals surface area contributed by atoms with Gasteiger partial charge in [0.15, 0.2) is 0 Å². The summed E-state index contributed by atoms with van der Waals surface area (Å²) >= 11 is 0. The van der Waals surface area contributed by atoms with Crippen LogP contribution in [0.4, 0.5) is 8.78 Å². The van der Waals surface area contributed by atoms with Gasteiger partial charge in [-0.15, -0.1) is 0 Å². The van der Waals surface area contributed by atoms with Crippen molar-refractivity contribution in [1.29, 1.82) is 0 Å². The van der Waals surface area contributed by atoms with Crippen LogP contribution >= 0.6 is 0 Å². The molecule has 1 aromatic heterocycles. The predicted molar refractivity (Wildman–Crippen MR) is 48.5 cm³/mol. The lowest BCUT2D eigenvalue weighted by molar-refractivity contribution is 0.445. The Morgan fingerprint density at radius 1 is 1.43 bits per heavy atom. The van der Waals surface area contributed by atoms with Gasteiger partial charge in [0, 0.05) is 0 Å². The summed E-state index contributed by atoms with van der Waals surface area (Å²) in [5, 5.41) is 0. The maximum Gasteiger partial charge on any atom is 0.326 e. The summed E-state index contributed by atoms with van der Waals surface area (Å²) in [5.41, 5.74) is 0.501. The van der Waals surface area contributed by atoms with E-state index in [1.54, 1.807) is 0 Å². The molecule has 0 saturated carbocycles. The van der Waals surface area contributed by atoms with Crippen molar-refractivity contribution in [3.8, 4) is 0 Å². The second kappa shape index (κ2) is 3.25. The number of hydrogen-bond acceptors (Lipinski definition) is 1. The van der Waals surface area contributed by atoms with Crippen molar-refractivity contribution in [2.75, 3.05) is 6.67 Å². The van der Waals surface area contributed by atoms with Crippen molar-refractivity contribution in [2.24, 2.45) is 0 Å². The van der Waals surface area contributed by atoms with Gasteiger partial charge in [0.2, 0.25) is 0 Å². The van der Waals surface area contributed by atoms with E-state index in [1.165, 1.54) is 22.8 Å². The van der Waals surface area contributed by atoms with Crippen LogP contribution in [0.1, 0.15) is 0 Å². The third kappa shape index (κ3) is 1.30. The van der Waals surface area contributed by atoms with Gasteiger partial charge in [0.05, 0.1) is 17.6 Å². The second-order valence-corrected chi connectivity index (χ2v) is 2.93. The summed E-state index contributed by atoms with van der Waals surface area (Å²) < 4.78 is 26.1. The fourth-order valence-corrected chi connectivity index (χ4v) is 1.43. The fraction of sp³-hybridized carbons (Fsp3) is 0.222. The molecular formula is C9H8F2N2O. The number of nitrogens with zero attached hydrogens (tertiary/aromatic N) is 1. The number of nitrogens with one attached hydrogen (secondary N) is 1. The van der Waals surface area contributed by atoms with E-state index in [-0.39, 0.29) is 6.54 Å². The molecule has 0 bridgehead atoms. The first-order chi connectivity index (χ1) is 6.72. The number of H-pyrrole nitrogens is 1. The molecule has 0 atom stereocenters. The van der Waals surface area contributed by atoms with Crippen LogP contribution < -0.4 is 5.69 Å². The highest BCUT2D eigenvalue weighted by atomic mass is 19.1. The molecule has 1 heterocycles. The molecule has 1 aromatic carbocycles. The summed E-state index contributed by atoms with van der Waals surface area (Å²) in [6.07, 6.45) is 0. The van der Waals surface area contributed by atoms with Crippen molar-refractivity contribution in [1.82, 2.24) is 9.55 Å². The number of rotatable bonds is 2. The van der Waals surface area contributed by atoms with Gasteiger partial charge in [-0.2, -0.15) is 0 Å². The number of imidazole rings is 1. The monoisotopic (exact) mass is 198 g/mol. The smallest absolute Gasteiger partial charge is 0.306 e. The molecule has 0 spiro atoms. The molecule has 2 aromatic rings. The number of alkyl halides is 1. The van der Waals surface area contributed by atoms with Gasteiger partial charge >= 0.3 is 5.69 Å². The van der Waals surface area contributed by atoms with Crippen molar-refractivity contribution in [3.63, 3.8) is 0 Å². The maximum atomic E-state index is 12.8. The van der Waals surface area contributed by atoms with Crippen LogP contribution in [0, 0.1) is 5.82 Å². The molecular weight excluding hydrogens is 190 g/mol. The standard InChI is InChI=1S/C9H8F2N2O/c10-3-4-13-8-5-6(11)1-2-7(8)12-9(13)14/h1-2,5H,3-4H2,(H,12,14). The lowest BCUT2D eigenvalue weighted by atomic mass is 10.3. The molecule has 0 saturated heterocycles. The molecule has 5 heteroatoms. The Balaban J connectivity index is 2.73. The van der Waals surface area contributed by atoms with Crippen molar-refractivity contribution < 1.29 is 8.78 Å². The molecule has 74 valence electrons. The van der Waals surface area contributed by atoms with Crippen LogP contribution in [0.15, 0.2) is 23.0 Å². The number of aromatic amines is 1. The number of fused-ring (bicyclic) bond motifs is 1. The average molecular weight is 198 g/mol. The van der Waals surface area contributed by atoms with Crippen molar-refractivity contribution >= 4 is 11.0 Å². The van der Waals surface area contributed by atoms with Gasteiger partial charge in [-0.3, -0.25) is 4.57 Å². The molecule has 14 heavy (non-hydrogen) atoms. The van der Waals surface area contributed by atoms with Crippen LogP contribution in [0.2, 0.25) is 0 Å². The average Bonchev–Trinajstić information content (AvgIpc) is 2.45. The van der Waals surface area contributed by atoms with E-state index in [4.69, 9.17) is 0 Å². The van der Waals surface area contributed by atoms with Gasteiger partial charge in [0.25, 0.3) is 0 Å². The minimum absolute atomic E-state index is 0.0533. The van der Waals surface area contributed by atoms with E-state index in [1.807, 2.05) is 0 Å². The van der Waals surface area contributed by atoms with E-state index < -0.39 is 18.2 Å². The quantitative estimate of drug-likeness (QED) is 0.778. The van der Waals surface area contributed by atoms with Crippen molar-refractivity contribution in [3.05, 3.63) is 34.5 Å². The summed E-state index contributed by atoms with van der Waals surface area (Å²) in [5.74, 6) is -0.441. The lowest BCUT2D eigenvalue weighted by Gasteiger charge is -1.98. The predicted octanol–water partition coefficient (Wildman–Crippen LogP) is 1.44. The van der Waals surface area contributed by atoms with E-state index >= 15 is 0 Å². The SMILES string of the molecule is O=c1[nH]c2ccc(F)cc2n1CCF. The molecule has 0 amide bonds. The molecule has 0 radical (unpaired) electrons. The topological polar surface area (TPSA) is 37.8 Å². The van der Waals surface area contributed by atoms with Gasteiger partial charge in [-0.1, -0.05) is 0 Å². The van der Waals surface area contributed by atoms with E-state index in [2.05, 4.69) is 4.98 Å². The van der Waals surface area contributed by atoms with Gasteiger partial charge in [-0.25, -0.2) is 13.6 Å². The highest BCUT2D eigenvalue weighted by Crippen LogP contribution is 2.11. The molecule has 2 rings (SSSR count). The molecule has 1 N–H and O–H groups in total. The van der Waals surface area contributed by atoms with Gasteiger partial charge in [-0.05, 0) is 18.2 Å². The molecule has 0 aliphatic carbocycles. The number of hydrogen-bond donors (Lipinski definition) is 1. The Kier molecular flexibility index (Phi) is 2.07. The van der Waals surface area contributed by atoms with Crippen LogP contribution in [0.5, 0.6) is 0 Å². The van der Waals surface area contributed by atoms with E-state index in [9.17, 15) is 13.6 Å². The number of halogens is 2. The van der Waals surface area contributed by atoms with Crippen LogP contribution in [-0.2, 0) is 6.54 Å². The molecule has 3 nitrogen and oxygen atoms in total. The molecule has 0 aliphatic heterocycles. The Labute approximate surface area is 78.0 Å². The number of aryl methyl sites for hydroxylation is 1. The first-order valence-corrected chi connectivity index (χ1v) is 4.16. The van der Waals surface area contributed by atoms with Crippen molar-refractivity contribution in [2.45, 2.75) is 6.54 Å². The third-order valence-corrected chi connectivity index (χ3v) is 2.05. The Morgan fingerprint density at radius 2 is 2.21 bits per heavy atom.